The number of esters is 1. The number of aromatic nitrogens is 3. The number of hydrogen-bond donors (Lipinski definition) is 1. The van der Waals surface area contributed by atoms with Crippen molar-refractivity contribution in [1.82, 2.24) is 25.2 Å². The van der Waals surface area contributed by atoms with Crippen LogP contribution in [0.5, 0.6) is 17.2 Å². The molecule has 0 spiro atoms. The van der Waals surface area contributed by atoms with Gasteiger partial charge >= 0.3 is 5.97 Å². The van der Waals surface area contributed by atoms with Crippen molar-refractivity contribution >= 4 is 41.0 Å². The Hall–Kier alpha value is -6.50. The Bertz CT molecular complexity index is 2590. The van der Waals surface area contributed by atoms with Crippen molar-refractivity contribution in [2.45, 2.75) is 58.0 Å². The molecular weight excluding hydrogens is 817 g/mol. The Morgan fingerprint density at radius 2 is 1.64 bits per heavy atom. The van der Waals surface area contributed by atoms with Gasteiger partial charge in [-0.15, -0.1) is 0 Å². The maximum absolute atomic E-state index is 14.3. The highest BCUT2D eigenvalue weighted by atomic mass is 35.5. The van der Waals surface area contributed by atoms with E-state index in [0.29, 0.717) is 33.9 Å². The quantitative estimate of drug-likeness (QED) is 0.127. The maximum atomic E-state index is 14.3. The van der Waals surface area contributed by atoms with Gasteiger partial charge in [-0.25, -0.2) is 9.78 Å². The first-order valence-electron chi connectivity index (χ1n) is 19.6. The van der Waals surface area contributed by atoms with Crippen molar-refractivity contribution in [1.29, 1.82) is 0 Å². The minimum atomic E-state index is -1.02. The van der Waals surface area contributed by atoms with E-state index in [-0.39, 0.29) is 31.7 Å². The Kier molecular flexibility index (Phi) is 12.2. The molecule has 1 N–H and O–H groups in total. The van der Waals surface area contributed by atoms with Gasteiger partial charge in [0.05, 0.1) is 23.4 Å². The average molecular weight is 859 g/mol. The standard InChI is InChI=1S/C47H41Cl2N5O7/c1-27-28(2)51-15-14-36(27)31-7-4-29(5-8-31)19-39(47(57)58-3)53-45(55)41-20-33-21-42-43(22-34(33)24-54(41)46(56)40-23-50-16-17-52-40)61-44(26-60-42)32-9-11-35(12-10-32)59-25-30-6-13-37(48)38(49)18-30/h4-18,21-23,39,41,44H,19-20,24-26H2,1-3H3,(H,53,55)/t39-,41-,44+/m0/s1. The van der Waals surface area contributed by atoms with Gasteiger partial charge in [0, 0.05) is 43.7 Å². The van der Waals surface area contributed by atoms with Gasteiger partial charge in [0.25, 0.3) is 5.91 Å². The minimum Gasteiger partial charge on any atom is -0.489 e. The molecule has 310 valence electrons. The van der Waals surface area contributed by atoms with Crippen molar-refractivity contribution < 1.29 is 33.3 Å². The predicted octanol–water partition coefficient (Wildman–Crippen LogP) is 8.02. The molecule has 0 saturated carbocycles. The first-order valence-corrected chi connectivity index (χ1v) is 20.4. The van der Waals surface area contributed by atoms with E-state index in [0.717, 1.165) is 50.2 Å². The Labute approximate surface area is 362 Å². The molecule has 2 aromatic heterocycles. The number of benzene rings is 4. The smallest absolute Gasteiger partial charge is 0.328 e. The highest BCUT2D eigenvalue weighted by Gasteiger charge is 2.39. The fraction of sp³-hybridized carbons (Fsp3) is 0.234. The minimum absolute atomic E-state index is 0.0627. The van der Waals surface area contributed by atoms with Crippen LogP contribution in [0.4, 0.5) is 0 Å². The number of nitrogens with zero attached hydrogens (tertiary/aromatic N) is 4. The van der Waals surface area contributed by atoms with Gasteiger partial charge in [-0.2, -0.15) is 0 Å². The first kappa shape index (κ1) is 41.2. The number of carbonyl (C=O) groups excluding carboxylic acids is 3. The molecule has 0 aliphatic carbocycles. The number of hydrogen-bond acceptors (Lipinski definition) is 10. The number of halogens is 2. The Morgan fingerprint density at radius 3 is 2.38 bits per heavy atom. The first-order chi connectivity index (χ1) is 29.5. The van der Waals surface area contributed by atoms with E-state index in [1.54, 1.807) is 18.3 Å². The van der Waals surface area contributed by atoms with Crippen LogP contribution >= 0.6 is 23.2 Å². The Balaban J connectivity index is 0.990. The number of nitrogens with one attached hydrogen (secondary N) is 1. The molecule has 2 aliphatic rings. The van der Waals surface area contributed by atoms with Crippen molar-refractivity contribution in [3.05, 3.63) is 165 Å². The van der Waals surface area contributed by atoms with E-state index in [9.17, 15) is 14.4 Å². The Morgan fingerprint density at radius 1 is 0.869 bits per heavy atom. The highest BCUT2D eigenvalue weighted by Crippen LogP contribution is 2.41. The van der Waals surface area contributed by atoms with Gasteiger partial charge in [-0.1, -0.05) is 65.7 Å². The zero-order valence-electron chi connectivity index (χ0n) is 33.6. The molecule has 0 fully saturated rings. The third-order valence-electron chi connectivity index (χ3n) is 11.0. The summed E-state index contributed by atoms with van der Waals surface area (Å²) in [6.45, 7) is 4.64. The summed E-state index contributed by atoms with van der Waals surface area (Å²) < 4.78 is 23.8. The molecule has 3 atom stereocenters. The highest BCUT2D eigenvalue weighted by molar-refractivity contribution is 6.42. The second kappa shape index (κ2) is 18.0. The van der Waals surface area contributed by atoms with Gasteiger partial charge < -0.3 is 29.2 Å². The number of ether oxygens (including phenoxy) is 4. The van der Waals surface area contributed by atoms with E-state index >= 15 is 0 Å². The summed E-state index contributed by atoms with van der Waals surface area (Å²) in [6.07, 6.45) is 5.93. The number of pyridine rings is 1. The maximum Gasteiger partial charge on any atom is 0.328 e. The summed E-state index contributed by atoms with van der Waals surface area (Å²) in [5, 5.41) is 3.85. The SMILES string of the molecule is COC(=O)[C@H](Cc1ccc(-c2ccnc(C)c2C)cc1)NC(=O)[C@@H]1Cc2cc3c(cc2CN1C(=O)c1cnccn1)O[C@@H](c1ccc(OCc2ccc(Cl)c(Cl)c2)cc1)CO3. The van der Waals surface area contributed by atoms with Crippen molar-refractivity contribution in [2.75, 3.05) is 13.7 Å². The van der Waals surface area contributed by atoms with Gasteiger partial charge in [-0.05, 0) is 101 Å². The molecular formula is C47H41Cl2N5O7. The summed E-state index contributed by atoms with van der Waals surface area (Å²) in [6, 6.07) is 24.4. The molecule has 0 bridgehead atoms. The third kappa shape index (κ3) is 9.15. The number of methoxy groups -OCH3 is 1. The van der Waals surface area contributed by atoms with Gasteiger partial charge in [0.15, 0.2) is 17.6 Å². The van der Waals surface area contributed by atoms with Crippen LogP contribution in [0.1, 0.15) is 55.7 Å². The van der Waals surface area contributed by atoms with Gasteiger partial charge in [-0.3, -0.25) is 19.6 Å². The third-order valence-corrected chi connectivity index (χ3v) is 11.7. The van der Waals surface area contributed by atoms with E-state index in [1.807, 2.05) is 86.6 Å². The molecule has 4 heterocycles. The summed E-state index contributed by atoms with van der Waals surface area (Å²) in [5.74, 6) is 0.0945. The monoisotopic (exact) mass is 857 g/mol. The summed E-state index contributed by atoms with van der Waals surface area (Å²) in [4.78, 5) is 55.7. The van der Waals surface area contributed by atoms with Crippen LogP contribution in [-0.4, -0.2) is 63.4 Å². The molecule has 0 radical (unpaired) electrons. The lowest BCUT2D eigenvalue weighted by atomic mass is 9.91. The molecule has 61 heavy (non-hydrogen) atoms. The fourth-order valence-corrected chi connectivity index (χ4v) is 7.83. The normalized spacial score (nSPS) is 15.9. The number of fused-ring (bicyclic) bond motifs is 2. The summed E-state index contributed by atoms with van der Waals surface area (Å²) in [7, 11) is 1.28. The van der Waals surface area contributed by atoms with Crippen LogP contribution in [0.2, 0.25) is 10.0 Å². The second-order valence-electron chi connectivity index (χ2n) is 14.9. The van der Waals surface area contributed by atoms with E-state index in [2.05, 4.69) is 20.3 Å². The van der Waals surface area contributed by atoms with Crippen molar-refractivity contribution in [3.63, 3.8) is 0 Å². The fourth-order valence-electron chi connectivity index (χ4n) is 7.51. The molecule has 14 heteroatoms. The van der Waals surface area contributed by atoms with Crippen LogP contribution < -0.4 is 19.5 Å². The van der Waals surface area contributed by atoms with E-state index in [4.69, 9.17) is 42.1 Å². The number of aryl methyl sites for hydroxylation is 1. The molecule has 6 aromatic rings. The molecule has 4 aromatic carbocycles. The number of amides is 2. The van der Waals surface area contributed by atoms with Crippen LogP contribution in [0.3, 0.4) is 0 Å². The lowest BCUT2D eigenvalue weighted by Gasteiger charge is -2.37. The van der Waals surface area contributed by atoms with Crippen molar-refractivity contribution in [2.24, 2.45) is 0 Å². The predicted molar refractivity (Wildman–Crippen MR) is 229 cm³/mol. The molecule has 8 rings (SSSR count). The second-order valence-corrected chi connectivity index (χ2v) is 15.7. The number of rotatable bonds is 11. The summed E-state index contributed by atoms with van der Waals surface area (Å²) in [5.41, 5.74) is 8.36. The van der Waals surface area contributed by atoms with Gasteiger partial charge in [0.1, 0.15) is 36.7 Å². The van der Waals surface area contributed by atoms with Crippen LogP contribution in [0.15, 0.2) is 110 Å². The van der Waals surface area contributed by atoms with Crippen LogP contribution in [-0.2, 0) is 40.3 Å². The number of carbonyl (C=O) groups is 3. The zero-order valence-corrected chi connectivity index (χ0v) is 35.1. The zero-order chi connectivity index (χ0) is 42.6. The molecule has 12 nitrogen and oxygen atoms in total. The topological polar surface area (TPSA) is 142 Å². The van der Waals surface area contributed by atoms with Crippen molar-refractivity contribution in [3.8, 4) is 28.4 Å². The molecule has 2 amide bonds. The largest absolute Gasteiger partial charge is 0.489 e. The van der Waals surface area contributed by atoms with E-state index in [1.165, 1.54) is 30.6 Å². The van der Waals surface area contributed by atoms with E-state index < -0.39 is 36.0 Å². The molecule has 0 saturated heterocycles. The van der Waals surface area contributed by atoms with Crippen LogP contribution in [0.25, 0.3) is 11.1 Å². The summed E-state index contributed by atoms with van der Waals surface area (Å²) >= 11 is 12.2. The van der Waals surface area contributed by atoms with Gasteiger partial charge in [0.2, 0.25) is 5.91 Å². The van der Waals surface area contributed by atoms with Crippen LogP contribution in [0, 0.1) is 13.8 Å². The average Bonchev–Trinajstić information content (AvgIpc) is 3.29. The molecule has 0 unspecified atom stereocenters. The molecule has 2 aliphatic heterocycles. The lowest BCUT2D eigenvalue weighted by Crippen LogP contribution is -2.56. The lowest BCUT2D eigenvalue weighted by molar-refractivity contribution is -0.145.